The summed E-state index contributed by atoms with van der Waals surface area (Å²) >= 11 is 5.29. The van der Waals surface area contributed by atoms with E-state index in [0.29, 0.717) is 11.4 Å². The molecule has 20 heavy (non-hydrogen) atoms. The highest BCUT2D eigenvalue weighted by atomic mass is 79.9. The molecule has 1 aromatic heterocycles. The number of nitrogens with one attached hydrogen (secondary N) is 2. The van der Waals surface area contributed by atoms with E-state index in [0.717, 1.165) is 29.6 Å². The molecule has 0 saturated carbocycles. The van der Waals surface area contributed by atoms with Gasteiger partial charge < -0.3 is 10.6 Å². The Hall–Kier alpha value is -0.750. The van der Waals surface area contributed by atoms with E-state index in [1.54, 1.807) is 6.20 Å². The number of aromatic nitrogens is 1. The Morgan fingerprint density at radius 2 is 2.45 bits per heavy atom. The van der Waals surface area contributed by atoms with Gasteiger partial charge in [0.2, 0.25) is 0 Å². The Morgan fingerprint density at radius 1 is 1.60 bits per heavy atom. The molecule has 0 spiro atoms. The van der Waals surface area contributed by atoms with Gasteiger partial charge in [0.05, 0.1) is 5.56 Å². The molecule has 1 aliphatic heterocycles. The van der Waals surface area contributed by atoms with Gasteiger partial charge in [-0.05, 0) is 47.0 Å². The van der Waals surface area contributed by atoms with Crippen molar-refractivity contribution < 1.29 is 4.79 Å². The molecule has 1 aliphatic rings. The van der Waals surface area contributed by atoms with Crippen LogP contribution in [0.4, 0.5) is 5.82 Å². The first-order valence-corrected chi connectivity index (χ1v) is 8.93. The number of hydrogen-bond donors (Lipinski definition) is 2. The second kappa shape index (κ2) is 7.88. The van der Waals surface area contributed by atoms with Gasteiger partial charge in [-0.3, -0.25) is 4.79 Å². The van der Waals surface area contributed by atoms with E-state index in [2.05, 4.69) is 38.5 Å². The Labute approximate surface area is 132 Å². The van der Waals surface area contributed by atoms with Crippen molar-refractivity contribution in [3.63, 3.8) is 0 Å². The molecule has 1 aromatic rings. The smallest absolute Gasteiger partial charge is 0.255 e. The first-order valence-electron chi connectivity index (χ1n) is 6.98. The number of hydrogen-bond acceptors (Lipinski definition) is 4. The van der Waals surface area contributed by atoms with Crippen LogP contribution < -0.4 is 10.6 Å². The number of rotatable bonds is 5. The summed E-state index contributed by atoms with van der Waals surface area (Å²) in [4.78, 5) is 16.7. The van der Waals surface area contributed by atoms with Crippen LogP contribution in [-0.4, -0.2) is 35.0 Å². The molecule has 1 amide bonds. The highest BCUT2D eigenvalue weighted by Gasteiger charge is 2.19. The third kappa shape index (κ3) is 4.38. The lowest BCUT2D eigenvalue weighted by atomic mass is 10.1. The number of pyridine rings is 1. The lowest BCUT2D eigenvalue weighted by Crippen LogP contribution is -2.38. The number of carbonyl (C=O) groups excluding carboxylic acids is 1. The number of nitrogens with zero attached hydrogens (tertiary/aromatic N) is 1. The van der Waals surface area contributed by atoms with Crippen molar-refractivity contribution in [3.8, 4) is 0 Å². The molecule has 4 nitrogen and oxygen atoms in total. The van der Waals surface area contributed by atoms with E-state index in [9.17, 15) is 4.79 Å². The van der Waals surface area contributed by atoms with Crippen molar-refractivity contribution in [3.05, 3.63) is 22.3 Å². The van der Waals surface area contributed by atoms with E-state index >= 15 is 0 Å². The molecule has 0 radical (unpaired) electrons. The highest BCUT2D eigenvalue weighted by molar-refractivity contribution is 9.10. The van der Waals surface area contributed by atoms with Gasteiger partial charge in [-0.15, -0.1) is 0 Å². The molecule has 2 heterocycles. The van der Waals surface area contributed by atoms with Gasteiger partial charge in [-0.25, -0.2) is 4.98 Å². The van der Waals surface area contributed by atoms with Gasteiger partial charge >= 0.3 is 0 Å². The van der Waals surface area contributed by atoms with Crippen LogP contribution in [0.3, 0.4) is 0 Å². The Balaban J connectivity index is 2.08. The second-order valence-corrected chi connectivity index (χ2v) is 6.93. The molecular formula is C14H20BrN3OS. The fourth-order valence-electron chi connectivity index (χ4n) is 2.11. The van der Waals surface area contributed by atoms with E-state index in [1.807, 2.05) is 17.8 Å². The van der Waals surface area contributed by atoms with Crippen molar-refractivity contribution >= 4 is 39.4 Å². The van der Waals surface area contributed by atoms with Crippen LogP contribution in [0.25, 0.3) is 0 Å². The van der Waals surface area contributed by atoms with Gasteiger partial charge in [-0.2, -0.15) is 11.8 Å². The van der Waals surface area contributed by atoms with Gasteiger partial charge in [0.25, 0.3) is 5.91 Å². The molecule has 2 rings (SSSR count). The van der Waals surface area contributed by atoms with Crippen LogP contribution in [0.2, 0.25) is 0 Å². The van der Waals surface area contributed by atoms with E-state index in [4.69, 9.17) is 0 Å². The summed E-state index contributed by atoms with van der Waals surface area (Å²) in [6.45, 7) is 2.90. The highest BCUT2D eigenvalue weighted by Crippen LogP contribution is 2.20. The van der Waals surface area contributed by atoms with Gasteiger partial charge in [0.15, 0.2) is 0 Å². The molecule has 1 fully saturated rings. The summed E-state index contributed by atoms with van der Waals surface area (Å²) in [6, 6.07) is 2.11. The molecule has 1 unspecified atom stereocenters. The number of carbonyl (C=O) groups is 1. The molecule has 0 aliphatic carbocycles. The van der Waals surface area contributed by atoms with Crippen LogP contribution in [-0.2, 0) is 0 Å². The molecule has 0 bridgehead atoms. The number of anilines is 1. The predicted molar refractivity (Wildman–Crippen MR) is 88.5 cm³/mol. The Kier molecular flexibility index (Phi) is 6.16. The molecule has 1 saturated heterocycles. The summed E-state index contributed by atoms with van der Waals surface area (Å²) in [5.74, 6) is 2.83. The summed E-state index contributed by atoms with van der Waals surface area (Å²) < 4.78 is 0.822. The minimum atomic E-state index is -0.0371. The summed E-state index contributed by atoms with van der Waals surface area (Å²) in [6.07, 6.45) is 4.95. The Bertz CT molecular complexity index is 464. The van der Waals surface area contributed by atoms with Crippen molar-refractivity contribution in [1.29, 1.82) is 0 Å². The van der Waals surface area contributed by atoms with Crippen molar-refractivity contribution in [1.82, 2.24) is 10.3 Å². The number of thioether (sulfide) groups is 1. The summed E-state index contributed by atoms with van der Waals surface area (Å²) in [5.41, 5.74) is 0.614. The maximum absolute atomic E-state index is 12.4. The maximum atomic E-state index is 12.4. The van der Waals surface area contributed by atoms with Crippen LogP contribution >= 0.6 is 27.7 Å². The minimum Gasteiger partial charge on any atom is -0.369 e. The predicted octanol–water partition coefficient (Wildman–Crippen LogP) is 3.29. The van der Waals surface area contributed by atoms with Gasteiger partial charge in [0.1, 0.15) is 5.82 Å². The van der Waals surface area contributed by atoms with Crippen LogP contribution in [0.5, 0.6) is 0 Å². The fraction of sp³-hybridized carbons (Fsp3) is 0.571. The zero-order valence-electron chi connectivity index (χ0n) is 11.6. The molecular weight excluding hydrogens is 338 g/mol. The minimum absolute atomic E-state index is 0.0371. The second-order valence-electron chi connectivity index (χ2n) is 4.86. The molecule has 1 atom stereocenters. The first kappa shape index (κ1) is 15.6. The van der Waals surface area contributed by atoms with Crippen molar-refractivity contribution in [2.75, 3.05) is 23.4 Å². The van der Waals surface area contributed by atoms with Gasteiger partial charge in [0, 0.05) is 29.0 Å². The first-order chi connectivity index (χ1) is 9.70. The number of halogens is 1. The third-order valence-corrected chi connectivity index (χ3v) is 4.79. The summed E-state index contributed by atoms with van der Waals surface area (Å²) in [5, 5.41) is 6.33. The summed E-state index contributed by atoms with van der Waals surface area (Å²) in [7, 11) is 0. The number of amides is 1. The average Bonchev–Trinajstić information content (AvgIpc) is 2.47. The average molecular weight is 358 g/mol. The van der Waals surface area contributed by atoms with Crippen molar-refractivity contribution in [2.45, 2.75) is 32.2 Å². The maximum Gasteiger partial charge on any atom is 0.255 e. The van der Waals surface area contributed by atoms with Crippen LogP contribution in [0, 0.1) is 0 Å². The molecule has 0 aromatic carbocycles. The molecule has 110 valence electrons. The van der Waals surface area contributed by atoms with E-state index in [-0.39, 0.29) is 11.9 Å². The van der Waals surface area contributed by atoms with Crippen LogP contribution in [0.1, 0.15) is 36.5 Å². The lowest BCUT2D eigenvalue weighted by Gasteiger charge is -2.23. The van der Waals surface area contributed by atoms with Gasteiger partial charge in [-0.1, -0.05) is 6.92 Å². The van der Waals surface area contributed by atoms with E-state index < -0.39 is 0 Å². The van der Waals surface area contributed by atoms with E-state index in [1.165, 1.54) is 12.2 Å². The topological polar surface area (TPSA) is 54.0 Å². The van der Waals surface area contributed by atoms with Crippen LogP contribution in [0.15, 0.2) is 16.7 Å². The normalized spacial score (nSPS) is 18.6. The lowest BCUT2D eigenvalue weighted by molar-refractivity contribution is 0.0939. The quantitative estimate of drug-likeness (QED) is 0.848. The largest absolute Gasteiger partial charge is 0.369 e. The monoisotopic (exact) mass is 357 g/mol. The molecule has 6 heteroatoms. The Morgan fingerprint density at radius 3 is 3.15 bits per heavy atom. The molecule has 2 N–H and O–H groups in total. The zero-order valence-corrected chi connectivity index (χ0v) is 14.0. The van der Waals surface area contributed by atoms with Crippen molar-refractivity contribution in [2.24, 2.45) is 0 Å². The zero-order chi connectivity index (χ0) is 14.4. The fourth-order valence-corrected chi connectivity index (χ4v) is 3.52. The standard InChI is InChI=1S/C14H20BrN3OS/c1-2-5-16-13-12(7-10(15)8-17-13)14(19)18-11-4-3-6-20-9-11/h7-8,11H,2-6,9H2,1H3,(H,16,17)(H,18,19). The SMILES string of the molecule is CCCNc1ncc(Br)cc1C(=O)NC1CCCSC1. The third-order valence-electron chi connectivity index (χ3n) is 3.14.